The Morgan fingerprint density at radius 1 is 0.767 bits per heavy atom. The van der Waals surface area contributed by atoms with Crippen LogP contribution < -0.4 is 0 Å². The lowest BCUT2D eigenvalue weighted by Crippen LogP contribution is -2.45. The van der Waals surface area contributed by atoms with Crippen molar-refractivity contribution in [1.82, 2.24) is 0 Å². The number of thioether (sulfide) groups is 1. The first-order valence-corrected chi connectivity index (χ1v) is 18.3. The van der Waals surface area contributed by atoms with Crippen LogP contribution in [0.3, 0.4) is 0 Å². The minimum Gasteiger partial charge on any atom is -0.462 e. The van der Waals surface area contributed by atoms with E-state index in [1.165, 1.54) is 24.6 Å². The van der Waals surface area contributed by atoms with Crippen molar-refractivity contribution in [2.24, 2.45) is 41.4 Å². The molecule has 0 saturated heterocycles. The van der Waals surface area contributed by atoms with Crippen molar-refractivity contribution in [3.8, 4) is 0 Å². The maximum Gasteiger partial charge on any atom is 0.320 e. The normalized spacial score (nSPS) is 33.2. The summed E-state index contributed by atoms with van der Waals surface area (Å²) in [5.41, 5.74) is 1.06. The molecule has 234 valence electrons. The first-order chi connectivity index (χ1) is 20.6. The van der Waals surface area contributed by atoms with E-state index >= 15 is 0 Å². The number of hydrogen-bond donors (Lipinski definition) is 0. The average molecular weight is 623 g/mol. The second-order valence-electron chi connectivity index (χ2n) is 14.1. The maximum absolute atomic E-state index is 14.5. The topological polar surface area (TPSA) is 52.6 Å². The van der Waals surface area contributed by atoms with Gasteiger partial charge in [-0.05, 0) is 78.2 Å². The number of ether oxygens (including phenoxy) is 2. The lowest BCUT2D eigenvalue weighted by atomic mass is 9.75. The van der Waals surface area contributed by atoms with E-state index < -0.39 is 11.2 Å². The van der Waals surface area contributed by atoms with Gasteiger partial charge in [-0.15, -0.1) is 23.1 Å². The highest BCUT2D eigenvalue weighted by Gasteiger charge is 2.48. The van der Waals surface area contributed by atoms with Gasteiger partial charge in [0.1, 0.15) is 17.5 Å². The van der Waals surface area contributed by atoms with E-state index in [0.717, 1.165) is 41.0 Å². The Kier molecular flexibility index (Phi) is 10.8. The fourth-order valence-electron chi connectivity index (χ4n) is 7.62. The van der Waals surface area contributed by atoms with Crippen LogP contribution in [0.15, 0.2) is 53.9 Å². The zero-order valence-electron chi connectivity index (χ0n) is 26.7. The monoisotopic (exact) mass is 622 g/mol. The van der Waals surface area contributed by atoms with E-state index in [4.69, 9.17) is 9.47 Å². The number of thiophene rings is 1. The molecular weight excluding hydrogens is 573 g/mol. The van der Waals surface area contributed by atoms with Crippen LogP contribution in [-0.2, 0) is 19.1 Å². The maximum atomic E-state index is 14.5. The number of allylic oxidation sites excluding steroid dienone is 1. The van der Waals surface area contributed by atoms with Gasteiger partial charge in [0, 0.05) is 15.7 Å². The second kappa shape index (κ2) is 14.4. The van der Waals surface area contributed by atoms with Crippen LogP contribution in [-0.4, -0.2) is 29.4 Å². The SMILES string of the molecule is CC(C)[C@@H]1CC[C@@H](C)CC1OC(=O)[C@@H]1SC(c2ccccc2)=C[C@@H](c2cccs2)[C@H]1C(=O)O[C@@H]1C[C@H](C)CC[C@H]1C(C)C. The van der Waals surface area contributed by atoms with Gasteiger partial charge in [0.2, 0.25) is 0 Å². The molecule has 9 atom stereocenters. The van der Waals surface area contributed by atoms with E-state index in [9.17, 15) is 9.59 Å². The van der Waals surface area contributed by atoms with Crippen molar-refractivity contribution >= 4 is 39.9 Å². The third kappa shape index (κ3) is 7.61. The van der Waals surface area contributed by atoms with Crippen molar-refractivity contribution in [3.63, 3.8) is 0 Å². The van der Waals surface area contributed by atoms with E-state index in [1.807, 2.05) is 24.3 Å². The minimum atomic E-state index is -0.677. The quantitative estimate of drug-likeness (QED) is 0.274. The molecule has 1 aromatic carbocycles. The number of hydrogen-bond acceptors (Lipinski definition) is 6. The van der Waals surface area contributed by atoms with E-state index in [0.29, 0.717) is 35.5 Å². The molecule has 0 bridgehead atoms. The first-order valence-electron chi connectivity index (χ1n) is 16.5. The molecule has 2 heterocycles. The van der Waals surface area contributed by atoms with Gasteiger partial charge in [-0.2, -0.15) is 0 Å². The molecule has 0 spiro atoms. The molecule has 0 N–H and O–H groups in total. The summed E-state index contributed by atoms with van der Waals surface area (Å²) in [6, 6.07) is 14.3. The summed E-state index contributed by atoms with van der Waals surface area (Å²) in [4.78, 5) is 30.9. The third-order valence-electron chi connectivity index (χ3n) is 10.2. The zero-order chi connectivity index (χ0) is 30.7. The highest BCUT2D eigenvalue weighted by atomic mass is 32.2. The number of benzene rings is 1. The fraction of sp³-hybridized carbons (Fsp3) is 0.622. The Bertz CT molecular complexity index is 1240. The summed E-state index contributed by atoms with van der Waals surface area (Å²) in [6.45, 7) is 13.4. The van der Waals surface area contributed by atoms with E-state index in [2.05, 4.69) is 71.2 Å². The predicted molar refractivity (Wildman–Crippen MR) is 179 cm³/mol. The van der Waals surface area contributed by atoms with Gasteiger partial charge in [-0.1, -0.05) is 96.9 Å². The summed E-state index contributed by atoms with van der Waals surface area (Å²) in [5, 5.41) is 1.38. The van der Waals surface area contributed by atoms with Gasteiger partial charge < -0.3 is 9.47 Å². The van der Waals surface area contributed by atoms with Crippen molar-refractivity contribution in [2.75, 3.05) is 0 Å². The second-order valence-corrected chi connectivity index (χ2v) is 16.3. The number of rotatable bonds is 8. The molecule has 43 heavy (non-hydrogen) atoms. The van der Waals surface area contributed by atoms with Crippen LogP contribution in [0.5, 0.6) is 0 Å². The van der Waals surface area contributed by atoms with Gasteiger partial charge in [-0.25, -0.2) is 0 Å². The van der Waals surface area contributed by atoms with Crippen LogP contribution in [0, 0.1) is 41.4 Å². The number of esters is 2. The molecule has 2 aliphatic carbocycles. The molecule has 1 aliphatic heterocycles. The summed E-state index contributed by atoms with van der Waals surface area (Å²) < 4.78 is 13.0. The molecule has 2 saturated carbocycles. The van der Waals surface area contributed by atoms with Gasteiger partial charge in [-0.3, -0.25) is 9.59 Å². The molecule has 0 radical (unpaired) electrons. The van der Waals surface area contributed by atoms with Crippen LogP contribution in [0.25, 0.3) is 4.91 Å². The third-order valence-corrected chi connectivity index (χ3v) is 12.5. The molecule has 0 amide bonds. The summed E-state index contributed by atoms with van der Waals surface area (Å²) in [6.07, 6.45) is 8.21. The lowest BCUT2D eigenvalue weighted by molar-refractivity contribution is -0.167. The van der Waals surface area contributed by atoms with Crippen LogP contribution in [0.2, 0.25) is 0 Å². The number of carbonyl (C=O) groups excluding carboxylic acids is 2. The minimum absolute atomic E-state index is 0.120. The Balaban J connectivity index is 1.51. The summed E-state index contributed by atoms with van der Waals surface area (Å²) in [7, 11) is 0. The zero-order valence-corrected chi connectivity index (χ0v) is 28.4. The van der Waals surface area contributed by atoms with Crippen molar-refractivity contribution in [1.29, 1.82) is 0 Å². The Morgan fingerprint density at radius 2 is 1.35 bits per heavy atom. The van der Waals surface area contributed by atoms with Crippen molar-refractivity contribution < 1.29 is 19.1 Å². The Morgan fingerprint density at radius 3 is 1.88 bits per heavy atom. The van der Waals surface area contributed by atoms with Gasteiger partial charge in [0.15, 0.2) is 0 Å². The van der Waals surface area contributed by atoms with Crippen LogP contribution in [0.4, 0.5) is 0 Å². The predicted octanol–water partition coefficient (Wildman–Crippen LogP) is 9.61. The smallest absolute Gasteiger partial charge is 0.320 e. The van der Waals surface area contributed by atoms with Crippen molar-refractivity contribution in [3.05, 3.63) is 64.4 Å². The molecule has 4 nitrogen and oxygen atoms in total. The molecule has 3 aliphatic rings. The molecule has 5 rings (SSSR count). The number of carbonyl (C=O) groups is 2. The van der Waals surface area contributed by atoms with Crippen LogP contribution >= 0.6 is 23.1 Å². The molecule has 1 unspecified atom stereocenters. The first kappa shape index (κ1) is 32.3. The molecule has 2 aromatic rings. The molecule has 6 heteroatoms. The molecular formula is C37H50O4S2. The molecule has 1 aromatic heterocycles. The molecule has 2 fully saturated rings. The Labute approximate surface area is 267 Å². The fourth-order valence-corrected chi connectivity index (χ4v) is 9.81. The summed E-state index contributed by atoms with van der Waals surface area (Å²) >= 11 is 3.13. The summed E-state index contributed by atoms with van der Waals surface area (Å²) in [5.74, 6) is 1.17. The van der Waals surface area contributed by atoms with E-state index in [1.54, 1.807) is 11.3 Å². The van der Waals surface area contributed by atoms with Gasteiger partial charge in [0.05, 0.1) is 5.92 Å². The van der Waals surface area contributed by atoms with Crippen molar-refractivity contribution in [2.45, 2.75) is 103 Å². The lowest BCUT2D eigenvalue weighted by Gasteiger charge is -2.41. The average Bonchev–Trinajstić information content (AvgIpc) is 3.52. The Hall–Kier alpha value is -2.05. The highest BCUT2D eigenvalue weighted by Crippen LogP contribution is 2.50. The standard InChI is InChI=1S/C37H50O4S2/c1-22(2)27-16-14-24(5)19-30(27)40-36(38)34-29(32-13-10-18-42-32)21-33(26-11-8-7-9-12-26)43-35(34)37(39)41-31-20-25(6)15-17-28(31)23(3)4/h7-13,18,21-25,27-31,34-35H,14-17,19-20H2,1-6H3/t24-,25-,27+,28+,29+,30-,31?,34-,35-/m1/s1. The highest BCUT2D eigenvalue weighted by molar-refractivity contribution is 8.09. The largest absolute Gasteiger partial charge is 0.462 e. The van der Waals surface area contributed by atoms with Gasteiger partial charge >= 0.3 is 11.9 Å². The van der Waals surface area contributed by atoms with Gasteiger partial charge in [0.25, 0.3) is 0 Å². The van der Waals surface area contributed by atoms with E-state index in [-0.39, 0.29) is 30.1 Å². The van der Waals surface area contributed by atoms with Crippen LogP contribution in [0.1, 0.15) is 96.4 Å².